The molecule has 3 nitrogen and oxygen atoms in total. The summed E-state index contributed by atoms with van der Waals surface area (Å²) >= 11 is 0. The maximum Gasteiger partial charge on any atom is 0.223 e. The molecule has 0 spiro atoms. The van der Waals surface area contributed by atoms with Crippen molar-refractivity contribution in [3.05, 3.63) is 89.5 Å². The number of allylic oxidation sites excluding steroid dienone is 4. The smallest absolute Gasteiger partial charge is 0.223 e. The van der Waals surface area contributed by atoms with Crippen LogP contribution in [0.1, 0.15) is 63.6 Å². The predicted octanol–water partition coefficient (Wildman–Crippen LogP) is 7.07. The fraction of sp³-hybridized carbons (Fsp3) is 0.433. The van der Waals surface area contributed by atoms with Crippen LogP contribution in [0.15, 0.2) is 72.8 Å². The van der Waals surface area contributed by atoms with Crippen molar-refractivity contribution in [2.75, 3.05) is 0 Å². The molecule has 1 unspecified atom stereocenters. The van der Waals surface area contributed by atoms with Gasteiger partial charge in [0.2, 0.25) is 5.91 Å². The summed E-state index contributed by atoms with van der Waals surface area (Å²) in [5.74, 6) is 1.70. The third-order valence-corrected chi connectivity index (χ3v) is 6.53. The summed E-state index contributed by atoms with van der Waals surface area (Å²) in [6.45, 7) is 13.3. The molecule has 3 rings (SSSR count). The topological polar surface area (TPSA) is 29.5 Å². The lowest BCUT2D eigenvalue weighted by atomic mass is 9.74. The molecule has 2 aromatic rings. The molecule has 1 aliphatic carbocycles. The minimum absolute atomic E-state index is 0.0411. The first-order valence-corrected chi connectivity index (χ1v) is 12.2. The molecule has 3 heteroatoms. The maximum absolute atomic E-state index is 13.6. The van der Waals surface area contributed by atoms with E-state index in [2.05, 4.69) is 96.2 Å². The lowest BCUT2D eigenvalue weighted by Crippen LogP contribution is -2.43. The van der Waals surface area contributed by atoms with Crippen LogP contribution in [0, 0.1) is 18.8 Å². The number of amides is 1. The van der Waals surface area contributed by atoms with Crippen LogP contribution in [0.5, 0.6) is 5.75 Å². The quantitative estimate of drug-likeness (QED) is 0.413. The Morgan fingerprint density at radius 3 is 2.27 bits per heavy atom. The third kappa shape index (κ3) is 6.37. The van der Waals surface area contributed by atoms with Crippen LogP contribution in [-0.4, -0.2) is 22.9 Å². The number of carbonyl (C=O) groups excluding carboxylic acids is 1. The predicted molar refractivity (Wildman–Crippen MR) is 137 cm³/mol. The fourth-order valence-electron chi connectivity index (χ4n) is 4.98. The van der Waals surface area contributed by atoms with Crippen LogP contribution < -0.4 is 4.74 Å². The summed E-state index contributed by atoms with van der Waals surface area (Å²) in [6.07, 6.45) is 9.20. The van der Waals surface area contributed by atoms with Crippen molar-refractivity contribution in [3.63, 3.8) is 0 Å². The Morgan fingerprint density at radius 2 is 1.64 bits per heavy atom. The van der Waals surface area contributed by atoms with Gasteiger partial charge in [0.25, 0.3) is 0 Å². The fourth-order valence-corrected chi connectivity index (χ4v) is 4.98. The second-order valence-corrected chi connectivity index (χ2v) is 9.82. The van der Waals surface area contributed by atoms with Gasteiger partial charge in [-0.05, 0) is 63.6 Å². The standard InChI is InChI=1S/C30H39NO2/c1-21(2)31(22(3)4)30(32)19-27(26-15-11-10-12-24(26)6)28-18-23(5)16-17-29(28)33-20-25-13-8-7-9-14-25/h7-18,21-22,24,26-27H,19-20H2,1-6H3/t24-,26?,27+/m0/s1. The highest BCUT2D eigenvalue weighted by molar-refractivity contribution is 5.78. The first-order chi connectivity index (χ1) is 15.8. The van der Waals surface area contributed by atoms with Crippen molar-refractivity contribution in [3.8, 4) is 5.75 Å². The molecule has 0 saturated heterocycles. The van der Waals surface area contributed by atoms with E-state index in [1.54, 1.807) is 0 Å². The van der Waals surface area contributed by atoms with E-state index in [1.807, 2.05) is 23.1 Å². The summed E-state index contributed by atoms with van der Waals surface area (Å²) in [5.41, 5.74) is 3.45. The molecule has 0 aliphatic heterocycles. The van der Waals surface area contributed by atoms with E-state index in [9.17, 15) is 4.79 Å². The van der Waals surface area contributed by atoms with Gasteiger partial charge in [0.15, 0.2) is 0 Å². The first-order valence-electron chi connectivity index (χ1n) is 12.2. The monoisotopic (exact) mass is 445 g/mol. The molecular weight excluding hydrogens is 406 g/mol. The minimum atomic E-state index is 0.0411. The van der Waals surface area contributed by atoms with Crippen LogP contribution in [0.3, 0.4) is 0 Å². The molecule has 0 saturated carbocycles. The molecule has 0 heterocycles. The number of nitrogens with zero attached hydrogens (tertiary/aromatic N) is 1. The zero-order chi connectivity index (χ0) is 24.0. The Morgan fingerprint density at radius 1 is 0.970 bits per heavy atom. The van der Waals surface area contributed by atoms with Crippen molar-refractivity contribution < 1.29 is 9.53 Å². The van der Waals surface area contributed by atoms with Crippen molar-refractivity contribution >= 4 is 5.91 Å². The lowest BCUT2D eigenvalue weighted by Gasteiger charge is -2.36. The summed E-state index contributed by atoms with van der Waals surface area (Å²) < 4.78 is 6.36. The molecule has 176 valence electrons. The molecule has 0 N–H and O–H groups in total. The Hall–Kier alpha value is -2.81. The number of carbonyl (C=O) groups is 1. The Balaban J connectivity index is 1.97. The Labute approximate surface area is 200 Å². The SMILES string of the molecule is Cc1ccc(OCc2ccccc2)c([C@H](CC(=O)N(C(C)C)C(C)C)C2C=CC=C[C@@H]2C)c1. The van der Waals surface area contributed by atoms with E-state index in [0.29, 0.717) is 18.9 Å². The van der Waals surface area contributed by atoms with E-state index in [-0.39, 0.29) is 29.8 Å². The molecule has 0 fully saturated rings. The van der Waals surface area contributed by atoms with E-state index in [1.165, 1.54) is 5.56 Å². The number of ether oxygens (including phenoxy) is 1. The molecule has 3 atom stereocenters. The van der Waals surface area contributed by atoms with Crippen LogP contribution in [-0.2, 0) is 11.4 Å². The highest BCUT2D eigenvalue weighted by Crippen LogP contribution is 2.41. The molecule has 1 aliphatic rings. The zero-order valence-electron chi connectivity index (χ0n) is 21.0. The second kappa shape index (κ2) is 11.4. The van der Waals surface area contributed by atoms with Gasteiger partial charge in [0.1, 0.15) is 12.4 Å². The molecule has 0 aromatic heterocycles. The number of rotatable bonds is 9. The van der Waals surface area contributed by atoms with Gasteiger partial charge in [0.05, 0.1) is 0 Å². The summed E-state index contributed by atoms with van der Waals surface area (Å²) in [5, 5.41) is 0. The highest BCUT2D eigenvalue weighted by Gasteiger charge is 2.33. The first kappa shape index (κ1) is 24.8. The maximum atomic E-state index is 13.6. The molecule has 0 radical (unpaired) electrons. The Kier molecular flexibility index (Phi) is 8.55. The van der Waals surface area contributed by atoms with Gasteiger partial charge in [-0.25, -0.2) is 0 Å². The van der Waals surface area contributed by atoms with Gasteiger partial charge in [-0.15, -0.1) is 0 Å². The van der Waals surface area contributed by atoms with E-state index < -0.39 is 0 Å². The average molecular weight is 446 g/mol. The van der Waals surface area contributed by atoms with Gasteiger partial charge in [-0.1, -0.05) is 79.3 Å². The molecule has 0 bridgehead atoms. The van der Waals surface area contributed by atoms with Gasteiger partial charge in [-0.3, -0.25) is 4.79 Å². The van der Waals surface area contributed by atoms with Crippen LogP contribution in [0.4, 0.5) is 0 Å². The minimum Gasteiger partial charge on any atom is -0.489 e. The van der Waals surface area contributed by atoms with E-state index >= 15 is 0 Å². The average Bonchev–Trinajstić information content (AvgIpc) is 2.77. The van der Waals surface area contributed by atoms with Gasteiger partial charge in [-0.2, -0.15) is 0 Å². The molecule has 2 aromatic carbocycles. The van der Waals surface area contributed by atoms with Crippen molar-refractivity contribution in [1.82, 2.24) is 4.90 Å². The molecular formula is C30H39NO2. The number of hydrogen-bond acceptors (Lipinski definition) is 2. The number of aryl methyl sites for hydroxylation is 1. The largest absolute Gasteiger partial charge is 0.489 e. The number of benzene rings is 2. The van der Waals surface area contributed by atoms with E-state index in [0.717, 1.165) is 16.9 Å². The molecule has 33 heavy (non-hydrogen) atoms. The Bertz CT molecular complexity index is 966. The third-order valence-electron chi connectivity index (χ3n) is 6.53. The summed E-state index contributed by atoms with van der Waals surface area (Å²) in [7, 11) is 0. The van der Waals surface area contributed by atoms with Crippen molar-refractivity contribution in [1.29, 1.82) is 0 Å². The lowest BCUT2D eigenvalue weighted by molar-refractivity contribution is -0.135. The zero-order valence-corrected chi connectivity index (χ0v) is 21.0. The van der Waals surface area contributed by atoms with Crippen LogP contribution in [0.25, 0.3) is 0 Å². The normalized spacial score (nSPS) is 18.5. The summed E-state index contributed by atoms with van der Waals surface area (Å²) in [6, 6.07) is 17.0. The second-order valence-electron chi connectivity index (χ2n) is 9.82. The van der Waals surface area contributed by atoms with Gasteiger partial charge in [0, 0.05) is 24.4 Å². The van der Waals surface area contributed by atoms with Crippen molar-refractivity contribution in [2.45, 2.75) is 72.6 Å². The van der Waals surface area contributed by atoms with Gasteiger partial charge < -0.3 is 9.64 Å². The number of hydrogen-bond donors (Lipinski definition) is 0. The van der Waals surface area contributed by atoms with Crippen molar-refractivity contribution in [2.24, 2.45) is 11.8 Å². The van der Waals surface area contributed by atoms with E-state index in [4.69, 9.17) is 4.74 Å². The molecule has 1 amide bonds. The van der Waals surface area contributed by atoms with Crippen LogP contribution in [0.2, 0.25) is 0 Å². The van der Waals surface area contributed by atoms with Gasteiger partial charge >= 0.3 is 0 Å². The summed E-state index contributed by atoms with van der Waals surface area (Å²) in [4.78, 5) is 15.6. The van der Waals surface area contributed by atoms with Crippen LogP contribution >= 0.6 is 0 Å². The highest BCUT2D eigenvalue weighted by atomic mass is 16.5.